The molecule has 3 aromatic rings. The second-order valence-corrected chi connectivity index (χ2v) is 18.0. The van der Waals surface area contributed by atoms with E-state index in [1.54, 1.807) is 48.4 Å². The van der Waals surface area contributed by atoms with Crippen LogP contribution in [0.5, 0.6) is 5.75 Å². The molecule has 1 aromatic heterocycles. The van der Waals surface area contributed by atoms with Gasteiger partial charge in [0.25, 0.3) is 5.91 Å². The van der Waals surface area contributed by atoms with Crippen LogP contribution >= 0.6 is 0 Å². The number of hydrogen-bond acceptors (Lipinski definition) is 11. The first-order valence-corrected chi connectivity index (χ1v) is 21.9. The highest BCUT2D eigenvalue weighted by Gasteiger charge is 2.50. The van der Waals surface area contributed by atoms with Crippen LogP contribution < -0.4 is 35.4 Å². The number of carbonyl (C=O) groups excluding carboxylic acids is 5. The average molecular weight is 854 g/mol. The molecule has 5 fully saturated rings. The summed E-state index contributed by atoms with van der Waals surface area (Å²) >= 11 is 0. The van der Waals surface area contributed by atoms with E-state index in [0.717, 1.165) is 57.2 Å². The molecule has 328 valence electrons. The summed E-state index contributed by atoms with van der Waals surface area (Å²) in [6.45, 7) is 4.02. The van der Waals surface area contributed by atoms with Gasteiger partial charge in [0.05, 0.1) is 30.8 Å². The number of fused-ring (bicyclic) bond motifs is 1. The van der Waals surface area contributed by atoms with Crippen molar-refractivity contribution in [2.24, 2.45) is 11.3 Å². The van der Waals surface area contributed by atoms with E-state index in [1.165, 1.54) is 12.1 Å². The van der Waals surface area contributed by atoms with Gasteiger partial charge in [0, 0.05) is 74.0 Å². The standard InChI is InChI=1S/C45H53F2N9O6/c1-4-34-43(61)53(2)35-20-48-44(52-39(35)56(34)28-7-5-6-8-28)50-33-11-9-25(17-36(33)62-3)40(58)49-27-13-15-45(16-14-27)23-55(24-45)42(60)26-21-54(22-26)29-18-31(46)38(32(47)19-29)30-10-12-37(57)51-41(30)59/h9,11,17-20,26-28,30,34H,4-8,10,12-16,21-24H2,1-3H3,(H,49,58)(H,48,50,52)(H,51,57,59)/t30?,34-/m1/s1. The number of rotatable bonds is 10. The summed E-state index contributed by atoms with van der Waals surface area (Å²) in [7, 11) is 3.32. The summed E-state index contributed by atoms with van der Waals surface area (Å²) in [5, 5.41) is 8.63. The van der Waals surface area contributed by atoms with Gasteiger partial charge in [0.1, 0.15) is 29.1 Å². The minimum absolute atomic E-state index is 0.00676. The predicted molar refractivity (Wildman–Crippen MR) is 226 cm³/mol. The number of hydrogen-bond donors (Lipinski definition) is 3. The number of anilines is 5. The van der Waals surface area contributed by atoms with Gasteiger partial charge >= 0.3 is 0 Å². The van der Waals surface area contributed by atoms with Gasteiger partial charge in [0.15, 0.2) is 5.82 Å². The van der Waals surface area contributed by atoms with E-state index in [9.17, 15) is 24.0 Å². The van der Waals surface area contributed by atoms with Gasteiger partial charge in [-0.2, -0.15) is 4.98 Å². The number of carbonyl (C=O) groups is 5. The van der Waals surface area contributed by atoms with Gasteiger partial charge in [0.2, 0.25) is 29.6 Å². The third-order valence-electron chi connectivity index (χ3n) is 14.1. The Hall–Kier alpha value is -5.87. The zero-order chi connectivity index (χ0) is 43.4. The summed E-state index contributed by atoms with van der Waals surface area (Å²) in [5.74, 6) is -2.71. The van der Waals surface area contributed by atoms with Crippen molar-refractivity contribution in [2.45, 2.75) is 102 Å². The number of piperidine rings is 1. The molecule has 62 heavy (non-hydrogen) atoms. The van der Waals surface area contributed by atoms with E-state index in [2.05, 4.69) is 25.8 Å². The van der Waals surface area contributed by atoms with Crippen molar-refractivity contribution in [1.29, 1.82) is 0 Å². The Bertz CT molecular complexity index is 2280. The monoisotopic (exact) mass is 853 g/mol. The largest absolute Gasteiger partial charge is 0.495 e. The van der Waals surface area contributed by atoms with Crippen molar-refractivity contribution in [3.05, 3.63) is 59.3 Å². The topological polar surface area (TPSA) is 169 Å². The van der Waals surface area contributed by atoms with Crippen molar-refractivity contribution in [1.82, 2.24) is 25.5 Å². The summed E-state index contributed by atoms with van der Waals surface area (Å²) in [6.07, 6.45) is 10.1. The fourth-order valence-corrected chi connectivity index (χ4v) is 10.5. The molecule has 0 bridgehead atoms. The molecule has 2 saturated carbocycles. The SMILES string of the molecule is CC[C@@H]1C(=O)N(C)c2cnc(Nc3ccc(C(=O)NC4CCC5(CC4)CN(C(=O)C4CN(c6cc(F)c(C7CCC(=O)NC7=O)c(F)c6)C4)C5)cc3OC)nc2N1C1CCCC1. The third kappa shape index (κ3) is 7.56. The van der Waals surface area contributed by atoms with Crippen LogP contribution in [0.3, 0.4) is 0 Å². The molecule has 2 aromatic carbocycles. The second kappa shape index (κ2) is 16.4. The van der Waals surface area contributed by atoms with Crippen LogP contribution in [0.2, 0.25) is 0 Å². The van der Waals surface area contributed by atoms with Gasteiger partial charge in [-0.15, -0.1) is 0 Å². The maximum absolute atomic E-state index is 15.1. The lowest BCUT2D eigenvalue weighted by atomic mass is 9.67. The molecule has 1 spiro atoms. The zero-order valence-corrected chi connectivity index (χ0v) is 35.3. The summed E-state index contributed by atoms with van der Waals surface area (Å²) in [6, 6.07) is 7.58. The fourth-order valence-electron chi connectivity index (χ4n) is 10.5. The Morgan fingerprint density at radius 1 is 0.984 bits per heavy atom. The van der Waals surface area contributed by atoms with E-state index < -0.39 is 29.4 Å². The molecule has 9 rings (SSSR count). The maximum Gasteiger partial charge on any atom is 0.251 e. The number of likely N-dealkylation sites (tertiary alicyclic amines) is 1. The fraction of sp³-hybridized carbons (Fsp3) is 0.533. The third-order valence-corrected chi connectivity index (χ3v) is 14.1. The first-order chi connectivity index (χ1) is 29.8. The molecular formula is C45H53F2N9O6. The lowest BCUT2D eigenvalue weighted by Crippen LogP contribution is -2.64. The van der Waals surface area contributed by atoms with Crippen LogP contribution in [-0.2, 0) is 19.2 Å². The molecule has 3 saturated heterocycles. The number of halogens is 2. The van der Waals surface area contributed by atoms with Crippen molar-refractivity contribution >= 4 is 58.4 Å². The molecule has 5 amide bonds. The first-order valence-electron chi connectivity index (χ1n) is 21.9. The summed E-state index contributed by atoms with van der Waals surface area (Å²) in [5.41, 5.74) is 1.75. The van der Waals surface area contributed by atoms with Crippen LogP contribution in [0.1, 0.15) is 99.4 Å². The van der Waals surface area contributed by atoms with Gasteiger partial charge in [-0.3, -0.25) is 29.3 Å². The first kappa shape index (κ1) is 41.5. The number of ether oxygens (including phenoxy) is 1. The Labute approximate surface area is 358 Å². The minimum atomic E-state index is -1.06. The molecule has 2 aliphatic carbocycles. The molecule has 0 radical (unpaired) electrons. The smallest absolute Gasteiger partial charge is 0.251 e. The number of aromatic nitrogens is 2. The summed E-state index contributed by atoms with van der Waals surface area (Å²) < 4.78 is 35.9. The molecule has 1 unspecified atom stereocenters. The molecule has 2 atom stereocenters. The van der Waals surface area contributed by atoms with E-state index in [4.69, 9.17) is 9.72 Å². The number of methoxy groups -OCH3 is 1. The Morgan fingerprint density at radius 2 is 1.69 bits per heavy atom. The number of imide groups is 1. The average Bonchev–Trinajstić information content (AvgIpc) is 3.76. The predicted octanol–water partition coefficient (Wildman–Crippen LogP) is 5.17. The number of likely N-dealkylation sites (N-methyl/N-ethyl adjacent to an activating group) is 1. The van der Waals surface area contributed by atoms with E-state index in [-0.39, 0.29) is 65.6 Å². The zero-order valence-electron chi connectivity index (χ0n) is 35.3. The highest BCUT2D eigenvalue weighted by Crippen LogP contribution is 2.46. The molecular weight excluding hydrogens is 801 g/mol. The van der Waals surface area contributed by atoms with E-state index >= 15 is 8.78 Å². The lowest BCUT2D eigenvalue weighted by Gasteiger charge is -2.55. The maximum atomic E-state index is 15.1. The summed E-state index contributed by atoms with van der Waals surface area (Å²) in [4.78, 5) is 80.8. The molecule has 3 N–H and O–H groups in total. The van der Waals surface area contributed by atoms with Crippen LogP contribution in [0, 0.1) is 23.0 Å². The van der Waals surface area contributed by atoms with E-state index in [1.807, 2.05) is 11.8 Å². The van der Waals surface area contributed by atoms with Gasteiger partial charge in [-0.1, -0.05) is 19.8 Å². The van der Waals surface area contributed by atoms with E-state index in [0.29, 0.717) is 66.9 Å². The number of nitrogens with one attached hydrogen (secondary N) is 3. The van der Waals surface area contributed by atoms with Crippen LogP contribution in [0.25, 0.3) is 0 Å². The van der Waals surface area contributed by atoms with Crippen LogP contribution in [0.4, 0.5) is 37.6 Å². The van der Waals surface area contributed by atoms with Crippen LogP contribution in [0.15, 0.2) is 36.5 Å². The molecule has 5 heterocycles. The molecule has 4 aliphatic heterocycles. The van der Waals surface area contributed by atoms with Crippen molar-refractivity contribution in [2.75, 3.05) is 60.4 Å². The lowest BCUT2D eigenvalue weighted by molar-refractivity contribution is -0.151. The van der Waals surface area contributed by atoms with Crippen molar-refractivity contribution < 1.29 is 37.5 Å². The molecule has 15 nitrogen and oxygen atoms in total. The quantitative estimate of drug-likeness (QED) is 0.230. The molecule has 17 heteroatoms. The normalized spacial score (nSPS) is 22.9. The van der Waals surface area contributed by atoms with Crippen LogP contribution in [-0.4, -0.2) is 103 Å². The molecule has 6 aliphatic rings. The van der Waals surface area contributed by atoms with Gasteiger partial charge in [-0.25, -0.2) is 13.8 Å². The Kier molecular flexibility index (Phi) is 11.0. The van der Waals surface area contributed by atoms with Gasteiger partial charge in [-0.05, 0) is 81.7 Å². The highest BCUT2D eigenvalue weighted by atomic mass is 19.1. The van der Waals surface area contributed by atoms with Gasteiger partial charge < -0.3 is 35.0 Å². The number of amides is 5. The highest BCUT2D eigenvalue weighted by molar-refractivity contribution is 6.04. The van der Waals surface area contributed by atoms with Crippen molar-refractivity contribution in [3.63, 3.8) is 0 Å². The Balaban J connectivity index is 0.758. The number of nitrogens with zero attached hydrogens (tertiary/aromatic N) is 6. The number of benzene rings is 2. The minimum Gasteiger partial charge on any atom is -0.495 e. The Morgan fingerprint density at radius 3 is 2.35 bits per heavy atom. The second-order valence-electron chi connectivity index (χ2n) is 18.0. The van der Waals surface area contributed by atoms with Crippen molar-refractivity contribution in [3.8, 4) is 5.75 Å².